The summed E-state index contributed by atoms with van der Waals surface area (Å²) in [7, 11) is 0. The maximum Gasteiger partial charge on any atom is 0.343 e. The Labute approximate surface area is 178 Å². The van der Waals surface area contributed by atoms with Gasteiger partial charge in [-0.25, -0.2) is 4.79 Å². The summed E-state index contributed by atoms with van der Waals surface area (Å²) in [5.74, 6) is -4.24. The molecule has 2 spiro atoms. The number of hydrogen-bond donors (Lipinski definition) is 3. The molecule has 10 heteroatoms. The average Bonchev–Trinajstić information content (AvgIpc) is 3.32. The van der Waals surface area contributed by atoms with Gasteiger partial charge in [0.2, 0.25) is 11.9 Å². The largest absolute Gasteiger partial charge is 0.456 e. The molecule has 31 heavy (non-hydrogen) atoms. The zero-order valence-corrected chi connectivity index (χ0v) is 16.9. The average molecular weight is 440 g/mol. The maximum atomic E-state index is 13.4. The van der Waals surface area contributed by atoms with E-state index in [0.29, 0.717) is 0 Å². The Hall–Kier alpha value is -1.75. The molecule has 2 saturated carbocycles. The molecule has 0 radical (unpaired) electrons. The first kappa shape index (κ1) is 21.1. The van der Waals surface area contributed by atoms with Crippen LogP contribution in [0.15, 0.2) is 0 Å². The molecule has 0 bridgehead atoms. The van der Waals surface area contributed by atoms with E-state index in [1.807, 2.05) is 20.8 Å². The molecule has 172 valence electrons. The van der Waals surface area contributed by atoms with E-state index >= 15 is 0 Å². The summed E-state index contributed by atoms with van der Waals surface area (Å²) in [5.41, 5.74) is -8.15. The normalized spacial score (nSPS) is 58.2. The highest BCUT2D eigenvalue weighted by Crippen LogP contribution is 2.84. The SMILES string of the molecule is C.C[C@@H]1C(=O)OC2[C@H](O)C34C5OC(=O)[C@]3(O[C@@H]3OC(=O)CC34[C@H](C(C)(C)C)[C@H]5O)[C@]21O. The predicted octanol–water partition coefficient (Wildman–Crippen LogP) is -0.733. The third-order valence-corrected chi connectivity index (χ3v) is 8.85. The Morgan fingerprint density at radius 1 is 1.03 bits per heavy atom. The van der Waals surface area contributed by atoms with Gasteiger partial charge in [-0.15, -0.1) is 0 Å². The molecule has 11 atom stereocenters. The minimum atomic E-state index is -2.24. The number of fused-ring (bicyclic) bond motifs is 1. The number of rotatable bonds is 0. The number of aliphatic hydroxyl groups excluding tert-OH is 2. The smallest absolute Gasteiger partial charge is 0.343 e. The lowest BCUT2D eigenvalue weighted by Crippen LogP contribution is -2.65. The van der Waals surface area contributed by atoms with E-state index in [2.05, 4.69) is 0 Å². The third kappa shape index (κ3) is 1.57. The van der Waals surface area contributed by atoms with Crippen LogP contribution < -0.4 is 0 Å². The number of aliphatic hydroxyl groups is 3. The highest BCUT2D eigenvalue weighted by atomic mass is 16.7. The fourth-order valence-corrected chi connectivity index (χ4v) is 8.27. The Kier molecular flexibility index (Phi) is 3.57. The lowest BCUT2D eigenvalue weighted by Gasteiger charge is -2.46. The second-order valence-corrected chi connectivity index (χ2v) is 10.7. The lowest BCUT2D eigenvalue weighted by molar-refractivity contribution is -0.240. The Bertz CT molecular complexity index is 926. The van der Waals surface area contributed by atoms with Gasteiger partial charge >= 0.3 is 17.9 Å². The first-order valence-electron chi connectivity index (χ1n) is 10.2. The van der Waals surface area contributed by atoms with Crippen molar-refractivity contribution in [2.45, 2.75) is 83.5 Å². The Morgan fingerprint density at radius 2 is 1.68 bits per heavy atom. The fourth-order valence-electron chi connectivity index (χ4n) is 8.27. The highest BCUT2D eigenvalue weighted by Gasteiger charge is 3.03. The third-order valence-electron chi connectivity index (χ3n) is 8.85. The first-order chi connectivity index (χ1) is 13.8. The second kappa shape index (κ2) is 5.24. The van der Waals surface area contributed by atoms with Gasteiger partial charge in [0.05, 0.1) is 29.3 Å². The molecule has 4 aliphatic heterocycles. The summed E-state index contributed by atoms with van der Waals surface area (Å²) in [6.45, 7) is 7.00. The molecule has 4 saturated heterocycles. The molecule has 0 amide bonds. The summed E-state index contributed by atoms with van der Waals surface area (Å²) in [6, 6.07) is 0. The number of carbonyl (C=O) groups excluding carboxylic acids is 3. The van der Waals surface area contributed by atoms with Crippen molar-refractivity contribution in [1.29, 1.82) is 0 Å². The molecule has 2 aliphatic carbocycles. The van der Waals surface area contributed by atoms with Crippen LogP contribution in [-0.2, 0) is 33.3 Å². The van der Waals surface area contributed by atoms with Gasteiger partial charge in [0.1, 0.15) is 12.2 Å². The van der Waals surface area contributed by atoms with Crippen molar-refractivity contribution in [2.75, 3.05) is 0 Å². The standard InChI is InChI=1S/C20H24O10.CH4/c1-6-13(24)28-12-10(23)18-11-8(22)9(16(2,3)4)17(18)5-7(21)27-15(17)30-20(18,14(25)29-11)19(6,12)26;/h6,8-12,15,22-23,26H,5H2,1-4H3;1H4/t6-,8-,9+,10+,11?,12?,15+,17?,18?,19-,20-;/m1./s1. The van der Waals surface area contributed by atoms with Crippen molar-refractivity contribution >= 4 is 17.9 Å². The van der Waals surface area contributed by atoms with E-state index in [0.717, 1.165) is 0 Å². The Morgan fingerprint density at radius 3 is 2.29 bits per heavy atom. The van der Waals surface area contributed by atoms with Crippen molar-refractivity contribution in [1.82, 2.24) is 0 Å². The zero-order chi connectivity index (χ0) is 21.8. The van der Waals surface area contributed by atoms with Crippen LogP contribution in [0.1, 0.15) is 41.5 Å². The molecule has 0 aromatic heterocycles. The van der Waals surface area contributed by atoms with E-state index in [1.165, 1.54) is 6.92 Å². The van der Waals surface area contributed by atoms with Crippen molar-refractivity contribution < 1.29 is 48.7 Å². The highest BCUT2D eigenvalue weighted by molar-refractivity contribution is 5.93. The Balaban J connectivity index is 0.00000204. The van der Waals surface area contributed by atoms with Gasteiger partial charge in [-0.2, -0.15) is 0 Å². The number of carbonyl (C=O) groups is 3. The fraction of sp³-hybridized carbons (Fsp3) is 0.857. The molecule has 6 rings (SSSR count). The summed E-state index contributed by atoms with van der Waals surface area (Å²) >= 11 is 0. The van der Waals surface area contributed by atoms with E-state index in [9.17, 15) is 29.7 Å². The van der Waals surface area contributed by atoms with Crippen LogP contribution in [0.4, 0.5) is 0 Å². The van der Waals surface area contributed by atoms with Crippen LogP contribution in [0.3, 0.4) is 0 Å². The maximum absolute atomic E-state index is 13.4. The summed E-state index contributed by atoms with van der Waals surface area (Å²) in [5, 5.41) is 34.8. The van der Waals surface area contributed by atoms with E-state index in [-0.39, 0.29) is 13.8 Å². The summed E-state index contributed by atoms with van der Waals surface area (Å²) in [4.78, 5) is 38.2. The van der Waals surface area contributed by atoms with Crippen LogP contribution >= 0.6 is 0 Å². The predicted molar refractivity (Wildman–Crippen MR) is 98.7 cm³/mol. The van der Waals surface area contributed by atoms with Gasteiger partial charge in [-0.3, -0.25) is 9.59 Å². The minimum Gasteiger partial charge on any atom is -0.456 e. The van der Waals surface area contributed by atoms with Crippen LogP contribution in [0, 0.1) is 28.1 Å². The molecular formula is C21H28O10. The molecule has 10 nitrogen and oxygen atoms in total. The quantitative estimate of drug-likeness (QED) is 0.325. The van der Waals surface area contributed by atoms with Crippen molar-refractivity contribution in [3.05, 3.63) is 0 Å². The van der Waals surface area contributed by atoms with E-state index in [1.54, 1.807) is 0 Å². The molecule has 0 aromatic rings. The zero-order valence-electron chi connectivity index (χ0n) is 16.9. The van der Waals surface area contributed by atoms with Crippen molar-refractivity contribution in [3.8, 4) is 0 Å². The topological polar surface area (TPSA) is 149 Å². The molecule has 6 fully saturated rings. The van der Waals surface area contributed by atoms with Gasteiger partial charge in [0.25, 0.3) is 0 Å². The van der Waals surface area contributed by atoms with Gasteiger partial charge in [-0.1, -0.05) is 28.2 Å². The molecular weight excluding hydrogens is 412 g/mol. The number of ether oxygens (including phenoxy) is 4. The number of hydrogen-bond acceptors (Lipinski definition) is 10. The summed E-state index contributed by atoms with van der Waals surface area (Å²) in [6.07, 6.45) is -7.11. The van der Waals surface area contributed by atoms with E-state index < -0.39 is 87.9 Å². The van der Waals surface area contributed by atoms with Crippen LogP contribution in [-0.4, -0.2) is 75.1 Å². The first-order valence-corrected chi connectivity index (χ1v) is 10.2. The molecule has 4 heterocycles. The monoisotopic (exact) mass is 440 g/mol. The van der Waals surface area contributed by atoms with Crippen LogP contribution in [0.2, 0.25) is 0 Å². The molecule has 3 N–H and O–H groups in total. The molecule has 0 aromatic carbocycles. The van der Waals surface area contributed by atoms with Gasteiger partial charge in [-0.05, 0) is 12.3 Å². The van der Waals surface area contributed by atoms with E-state index in [4.69, 9.17) is 18.9 Å². The van der Waals surface area contributed by atoms with Crippen molar-refractivity contribution in [3.63, 3.8) is 0 Å². The van der Waals surface area contributed by atoms with Crippen LogP contribution in [0.5, 0.6) is 0 Å². The van der Waals surface area contributed by atoms with Crippen molar-refractivity contribution in [2.24, 2.45) is 28.1 Å². The summed E-state index contributed by atoms with van der Waals surface area (Å²) < 4.78 is 22.5. The second-order valence-electron chi connectivity index (χ2n) is 10.7. The van der Waals surface area contributed by atoms with Gasteiger partial charge in [0, 0.05) is 5.92 Å². The molecule has 4 unspecified atom stereocenters. The minimum absolute atomic E-state index is 0. The van der Waals surface area contributed by atoms with Gasteiger partial charge < -0.3 is 34.3 Å². The van der Waals surface area contributed by atoms with Crippen LogP contribution in [0.25, 0.3) is 0 Å². The number of esters is 3. The molecule has 6 aliphatic rings. The lowest BCUT2D eigenvalue weighted by atomic mass is 9.52. The van der Waals surface area contributed by atoms with Gasteiger partial charge in [0.15, 0.2) is 11.7 Å².